The smallest absolute Gasteiger partial charge is 0.352 e. The first-order valence-corrected chi connectivity index (χ1v) is 12.0. The highest BCUT2D eigenvalue weighted by molar-refractivity contribution is 8.01. The zero-order valence-electron chi connectivity index (χ0n) is 17.2. The fraction of sp³-hybridized carbons (Fsp3) is 0.375. The predicted octanol–water partition coefficient (Wildman–Crippen LogP) is -0.870. The highest BCUT2D eigenvalue weighted by Crippen LogP contribution is 2.41. The number of nitrogens with two attached hydrogens (primary N) is 1. The Bertz CT molecular complexity index is 1180. The summed E-state index contributed by atoms with van der Waals surface area (Å²) < 4.78 is 5.65. The zero-order valence-corrected chi connectivity index (χ0v) is 19.6. The van der Waals surface area contributed by atoms with Crippen LogP contribution in [0, 0.1) is 0 Å². The van der Waals surface area contributed by atoms with E-state index in [1.165, 1.54) is 35.5 Å². The second-order valence-electron chi connectivity index (χ2n) is 6.71. The fourth-order valence-electron chi connectivity index (χ4n) is 3.17. The van der Waals surface area contributed by atoms with E-state index < -0.39 is 29.2 Å². The minimum atomic E-state index is -1.21. The number of aryl methyl sites for hydroxylation is 1. The highest BCUT2D eigenvalue weighted by atomic mass is 32.2. The molecule has 14 nitrogen and oxygen atoms in total. The van der Waals surface area contributed by atoms with Gasteiger partial charge in [0.2, 0.25) is 11.5 Å². The summed E-state index contributed by atoms with van der Waals surface area (Å²) in [7, 11) is 3.03. The maximum atomic E-state index is 12.8. The van der Waals surface area contributed by atoms with Crippen LogP contribution in [0.4, 0.5) is 5.13 Å². The van der Waals surface area contributed by atoms with Crippen molar-refractivity contribution in [1.29, 1.82) is 0 Å². The van der Waals surface area contributed by atoms with Gasteiger partial charge in [-0.3, -0.25) is 14.5 Å². The minimum absolute atomic E-state index is 0.0361. The van der Waals surface area contributed by atoms with Crippen LogP contribution in [0.1, 0.15) is 5.82 Å². The van der Waals surface area contributed by atoms with Gasteiger partial charge < -0.3 is 25.6 Å². The normalized spacial score (nSPS) is 20.4. The van der Waals surface area contributed by atoms with Crippen molar-refractivity contribution in [1.82, 2.24) is 34.3 Å². The van der Waals surface area contributed by atoms with Gasteiger partial charge in [0, 0.05) is 30.1 Å². The number of carbonyl (C=O) groups is 3. The number of carboxylic acid groups (broad SMARTS) is 1. The predicted molar refractivity (Wildman–Crippen MR) is 119 cm³/mol. The van der Waals surface area contributed by atoms with Crippen LogP contribution >= 0.6 is 35.1 Å². The molecule has 2 aliphatic rings. The number of aliphatic carboxylic acids is 1. The first kappa shape index (κ1) is 23.0. The van der Waals surface area contributed by atoms with Crippen molar-refractivity contribution < 1.29 is 24.3 Å². The molecule has 4 N–H and O–H groups in total. The molecular formula is C16H17N9O5S3. The van der Waals surface area contributed by atoms with Crippen LogP contribution in [0.5, 0.6) is 0 Å². The fourth-order valence-corrected chi connectivity index (χ4v) is 5.97. The molecule has 0 bridgehead atoms. The first-order valence-electron chi connectivity index (χ1n) is 9.20. The number of rotatable bonds is 8. The molecule has 2 aromatic rings. The summed E-state index contributed by atoms with van der Waals surface area (Å²) in [6.45, 7) is 0. The van der Waals surface area contributed by atoms with Crippen LogP contribution in [-0.4, -0.2) is 87.7 Å². The van der Waals surface area contributed by atoms with Crippen molar-refractivity contribution in [3.8, 4) is 0 Å². The van der Waals surface area contributed by atoms with Gasteiger partial charge in [-0.1, -0.05) is 16.9 Å². The lowest BCUT2D eigenvalue weighted by Gasteiger charge is -2.49. The molecule has 0 radical (unpaired) electrons. The average Bonchev–Trinajstić information content (AvgIpc) is 3.40. The third-order valence-electron chi connectivity index (χ3n) is 4.63. The Balaban J connectivity index is 1.49. The highest BCUT2D eigenvalue weighted by Gasteiger charge is 2.54. The van der Waals surface area contributed by atoms with E-state index in [1.807, 2.05) is 0 Å². The SMILES string of the molecule is CO/N=C(/C(=O)NC1C(=O)N2C(C(=O)O)=C(CSc3nncn3C)CS[C@H]12)c1nsc(N)n1. The molecule has 4 rings (SSSR count). The molecular weight excluding hydrogens is 494 g/mol. The summed E-state index contributed by atoms with van der Waals surface area (Å²) >= 11 is 3.56. The molecule has 1 fully saturated rings. The number of oxime groups is 1. The maximum absolute atomic E-state index is 12.8. The Labute approximate surface area is 198 Å². The number of nitrogens with zero attached hydrogens (tertiary/aromatic N) is 7. The van der Waals surface area contributed by atoms with Gasteiger partial charge in [0.15, 0.2) is 10.3 Å². The van der Waals surface area contributed by atoms with E-state index in [-0.39, 0.29) is 22.4 Å². The van der Waals surface area contributed by atoms with Crippen LogP contribution in [-0.2, 0) is 26.3 Å². The molecule has 1 saturated heterocycles. The van der Waals surface area contributed by atoms with E-state index in [2.05, 4.69) is 30.0 Å². The lowest BCUT2D eigenvalue weighted by Crippen LogP contribution is -2.71. The molecule has 2 atom stereocenters. The average molecular weight is 512 g/mol. The Morgan fingerprint density at radius 1 is 1.48 bits per heavy atom. The molecule has 0 aliphatic carbocycles. The molecule has 4 heterocycles. The standard InChI is InChI=1S/C16H17N9O5S3/c1-24-5-18-21-16(24)32-4-6-3-31-13-8(12(27)25(13)9(6)14(28)29)19-11(26)7(22-30-2)10-20-15(17)33-23-10/h5,8,13H,3-4H2,1-2H3,(H,19,26)(H,28,29)(H2,17,20,23)/b22-7+/t8?,13-/m1/s1. The Morgan fingerprint density at radius 2 is 2.27 bits per heavy atom. The quantitative estimate of drug-likeness (QED) is 0.172. The number of β-lactam (4-membered cyclic amide) rings is 1. The van der Waals surface area contributed by atoms with Gasteiger partial charge >= 0.3 is 5.97 Å². The van der Waals surface area contributed by atoms with Gasteiger partial charge in [-0.05, 0) is 5.57 Å². The van der Waals surface area contributed by atoms with Crippen molar-refractivity contribution in [3.63, 3.8) is 0 Å². The van der Waals surface area contributed by atoms with Gasteiger partial charge in [0.25, 0.3) is 11.8 Å². The third kappa shape index (κ3) is 4.38. The van der Waals surface area contributed by atoms with Crippen LogP contribution in [0.25, 0.3) is 0 Å². The van der Waals surface area contributed by atoms with E-state index in [1.54, 1.807) is 17.9 Å². The van der Waals surface area contributed by atoms with Gasteiger partial charge in [-0.15, -0.1) is 22.0 Å². The summed E-state index contributed by atoms with van der Waals surface area (Å²) in [6, 6.07) is -0.942. The summed E-state index contributed by atoms with van der Waals surface area (Å²) in [4.78, 5) is 47.4. The molecule has 2 aliphatic heterocycles. The summed E-state index contributed by atoms with van der Waals surface area (Å²) in [6.07, 6.45) is 1.54. The number of carbonyl (C=O) groups excluding carboxylic acids is 2. The number of hydrogen-bond donors (Lipinski definition) is 3. The van der Waals surface area contributed by atoms with Gasteiger partial charge in [0.05, 0.1) is 0 Å². The topological polar surface area (TPSA) is 191 Å². The lowest BCUT2D eigenvalue weighted by atomic mass is 10.0. The van der Waals surface area contributed by atoms with Crippen LogP contribution in [0.3, 0.4) is 0 Å². The molecule has 174 valence electrons. The van der Waals surface area contributed by atoms with Crippen LogP contribution in [0.2, 0.25) is 0 Å². The number of aromatic nitrogens is 5. The molecule has 0 saturated carbocycles. The molecule has 2 aromatic heterocycles. The molecule has 33 heavy (non-hydrogen) atoms. The largest absolute Gasteiger partial charge is 0.477 e. The molecule has 0 aromatic carbocycles. The second kappa shape index (κ2) is 9.36. The number of nitrogens with one attached hydrogen (secondary N) is 1. The lowest BCUT2D eigenvalue weighted by molar-refractivity contribution is -0.150. The molecule has 2 amide bonds. The molecule has 17 heteroatoms. The van der Waals surface area contributed by atoms with Crippen molar-refractivity contribution in [2.24, 2.45) is 12.2 Å². The summed E-state index contributed by atoms with van der Waals surface area (Å²) in [5, 5.41) is 23.9. The zero-order chi connectivity index (χ0) is 23.7. The van der Waals surface area contributed by atoms with Crippen molar-refractivity contribution in [2.75, 3.05) is 24.3 Å². The van der Waals surface area contributed by atoms with Crippen molar-refractivity contribution in [2.45, 2.75) is 16.6 Å². The van der Waals surface area contributed by atoms with E-state index in [0.717, 1.165) is 11.5 Å². The number of anilines is 1. The summed E-state index contributed by atoms with van der Waals surface area (Å²) in [5.41, 5.74) is 5.82. The number of thioether (sulfide) groups is 2. The molecule has 1 unspecified atom stereocenters. The maximum Gasteiger partial charge on any atom is 0.352 e. The summed E-state index contributed by atoms with van der Waals surface area (Å²) in [5.74, 6) is -1.83. The Hall–Kier alpha value is -3.18. The third-order valence-corrected chi connectivity index (χ3v) is 7.64. The minimum Gasteiger partial charge on any atom is -0.477 e. The van der Waals surface area contributed by atoms with E-state index >= 15 is 0 Å². The number of fused-ring (bicyclic) bond motifs is 1. The number of nitrogen functional groups attached to an aromatic ring is 1. The number of carboxylic acids is 1. The van der Waals surface area contributed by atoms with Gasteiger partial charge in [0.1, 0.15) is 30.5 Å². The first-order chi connectivity index (χ1) is 15.8. The van der Waals surface area contributed by atoms with Crippen LogP contribution in [0.15, 0.2) is 27.9 Å². The van der Waals surface area contributed by atoms with Crippen LogP contribution < -0.4 is 11.1 Å². The van der Waals surface area contributed by atoms with E-state index in [4.69, 9.17) is 10.6 Å². The molecule has 0 spiro atoms. The Morgan fingerprint density at radius 3 is 2.88 bits per heavy atom. The second-order valence-corrected chi connectivity index (χ2v) is 9.54. The monoisotopic (exact) mass is 511 g/mol. The van der Waals surface area contributed by atoms with E-state index in [9.17, 15) is 19.5 Å². The van der Waals surface area contributed by atoms with Crippen molar-refractivity contribution >= 4 is 63.7 Å². The number of amides is 2. The van der Waals surface area contributed by atoms with Gasteiger partial charge in [-0.25, -0.2) is 4.79 Å². The van der Waals surface area contributed by atoms with E-state index in [0.29, 0.717) is 22.2 Å². The van der Waals surface area contributed by atoms with Gasteiger partial charge in [-0.2, -0.15) is 9.36 Å². The van der Waals surface area contributed by atoms with Crippen molar-refractivity contribution in [3.05, 3.63) is 23.4 Å². The Kier molecular flexibility index (Phi) is 6.52. The number of hydrogen-bond acceptors (Lipinski definition) is 13.